The van der Waals surface area contributed by atoms with E-state index in [0.29, 0.717) is 24.3 Å². The summed E-state index contributed by atoms with van der Waals surface area (Å²) in [6.07, 6.45) is 1.01. The van der Waals surface area contributed by atoms with Gasteiger partial charge in [0.2, 0.25) is 15.9 Å². The molecule has 9 heteroatoms. The Balaban J connectivity index is 1.64. The van der Waals surface area contributed by atoms with Gasteiger partial charge in [0.05, 0.1) is 12.3 Å². The number of benzene rings is 2. The van der Waals surface area contributed by atoms with Crippen molar-refractivity contribution in [2.45, 2.75) is 32.7 Å². The van der Waals surface area contributed by atoms with Gasteiger partial charge in [-0.3, -0.25) is 14.3 Å². The fraction of sp³-hybridized carbons (Fsp3) is 0.286. The quantitative estimate of drug-likeness (QED) is 0.674. The van der Waals surface area contributed by atoms with Crippen molar-refractivity contribution >= 4 is 38.9 Å². The molecular formula is C21H24N4O4S. The average Bonchev–Trinajstić information content (AvgIpc) is 2.71. The number of amides is 2. The van der Waals surface area contributed by atoms with Gasteiger partial charge < -0.3 is 5.32 Å². The topological polar surface area (TPSA) is 108 Å². The summed E-state index contributed by atoms with van der Waals surface area (Å²) in [6.45, 7) is 2.10. The molecule has 0 bridgehead atoms. The molecule has 0 aromatic heterocycles. The van der Waals surface area contributed by atoms with Crippen LogP contribution in [0.3, 0.4) is 0 Å². The molecule has 0 aliphatic carbocycles. The molecule has 0 spiro atoms. The normalized spacial score (nSPS) is 14.2. The Morgan fingerprint density at radius 1 is 1.03 bits per heavy atom. The Morgan fingerprint density at radius 2 is 1.70 bits per heavy atom. The summed E-state index contributed by atoms with van der Waals surface area (Å²) in [6, 6.07) is 15.8. The van der Waals surface area contributed by atoms with Gasteiger partial charge in [-0.05, 0) is 36.2 Å². The summed E-state index contributed by atoms with van der Waals surface area (Å²) >= 11 is 0. The Hall–Kier alpha value is -3.20. The molecule has 0 saturated carbocycles. The van der Waals surface area contributed by atoms with E-state index in [9.17, 15) is 18.0 Å². The van der Waals surface area contributed by atoms with Gasteiger partial charge in [-0.1, -0.05) is 37.3 Å². The van der Waals surface area contributed by atoms with Gasteiger partial charge in [-0.25, -0.2) is 13.4 Å². The fourth-order valence-corrected chi connectivity index (χ4v) is 4.10. The van der Waals surface area contributed by atoms with Crippen molar-refractivity contribution in [3.05, 3.63) is 60.2 Å². The molecule has 30 heavy (non-hydrogen) atoms. The maximum absolute atomic E-state index is 12.6. The number of anilines is 2. The van der Waals surface area contributed by atoms with Crippen LogP contribution in [0.25, 0.3) is 0 Å². The summed E-state index contributed by atoms with van der Waals surface area (Å²) in [7, 11) is -3.37. The molecular weight excluding hydrogens is 404 g/mol. The number of sulfonamides is 1. The first-order chi connectivity index (χ1) is 14.4. The number of nitrogens with zero attached hydrogens (tertiary/aromatic N) is 2. The van der Waals surface area contributed by atoms with Crippen LogP contribution in [0, 0.1) is 0 Å². The molecule has 1 aliphatic rings. The number of hydrogen-bond donors (Lipinski definition) is 2. The second kappa shape index (κ2) is 9.53. The first kappa shape index (κ1) is 21.5. The highest BCUT2D eigenvalue weighted by molar-refractivity contribution is 7.92. The van der Waals surface area contributed by atoms with Crippen LogP contribution < -0.4 is 10.0 Å². The van der Waals surface area contributed by atoms with Crippen molar-refractivity contribution in [1.82, 2.24) is 5.01 Å². The van der Waals surface area contributed by atoms with Crippen molar-refractivity contribution in [2.24, 2.45) is 5.10 Å². The van der Waals surface area contributed by atoms with E-state index < -0.39 is 10.0 Å². The predicted molar refractivity (Wildman–Crippen MR) is 116 cm³/mol. The molecule has 0 fully saturated rings. The number of hydrogen-bond acceptors (Lipinski definition) is 5. The van der Waals surface area contributed by atoms with Crippen molar-refractivity contribution in [3.63, 3.8) is 0 Å². The molecule has 158 valence electrons. The fourth-order valence-electron chi connectivity index (χ4n) is 2.97. The van der Waals surface area contributed by atoms with Gasteiger partial charge in [0.15, 0.2) is 0 Å². The van der Waals surface area contributed by atoms with Gasteiger partial charge in [-0.15, -0.1) is 0 Å². The van der Waals surface area contributed by atoms with E-state index in [1.54, 1.807) is 31.2 Å². The van der Waals surface area contributed by atoms with Gasteiger partial charge in [-0.2, -0.15) is 5.10 Å². The van der Waals surface area contributed by atoms with Crippen LogP contribution >= 0.6 is 0 Å². The van der Waals surface area contributed by atoms with Gasteiger partial charge in [0.25, 0.3) is 5.91 Å². The molecule has 0 atom stereocenters. The SMILES string of the molecule is CCCS(=O)(=O)Nc1ccc(NC(=O)C2=NN(Cc3ccccc3)C(=O)CC2)cc1. The second-order valence-electron chi connectivity index (χ2n) is 6.94. The summed E-state index contributed by atoms with van der Waals surface area (Å²) in [5, 5.41) is 8.30. The van der Waals surface area contributed by atoms with Crippen molar-refractivity contribution in [1.29, 1.82) is 0 Å². The molecule has 2 amide bonds. The maximum atomic E-state index is 12.6. The van der Waals surface area contributed by atoms with E-state index in [1.165, 1.54) is 5.01 Å². The monoisotopic (exact) mass is 428 g/mol. The summed E-state index contributed by atoms with van der Waals surface area (Å²) in [4.78, 5) is 24.7. The van der Waals surface area contributed by atoms with Gasteiger partial charge in [0.1, 0.15) is 5.71 Å². The van der Waals surface area contributed by atoms with Crippen LogP contribution in [0.4, 0.5) is 11.4 Å². The predicted octanol–water partition coefficient (Wildman–Crippen LogP) is 2.96. The Bertz CT molecular complexity index is 1030. The van der Waals surface area contributed by atoms with E-state index in [-0.39, 0.29) is 36.1 Å². The minimum Gasteiger partial charge on any atom is -0.321 e. The van der Waals surface area contributed by atoms with E-state index in [0.717, 1.165) is 5.56 Å². The minimum absolute atomic E-state index is 0.0452. The third-order valence-electron chi connectivity index (χ3n) is 4.43. The Labute approximate surface area is 176 Å². The van der Waals surface area contributed by atoms with E-state index in [4.69, 9.17) is 0 Å². The molecule has 2 aromatic rings. The van der Waals surface area contributed by atoms with Gasteiger partial charge in [0, 0.05) is 24.2 Å². The highest BCUT2D eigenvalue weighted by Gasteiger charge is 2.24. The number of nitrogens with one attached hydrogen (secondary N) is 2. The van der Waals surface area contributed by atoms with Crippen LogP contribution in [-0.2, 0) is 26.2 Å². The molecule has 3 rings (SSSR count). The number of carbonyl (C=O) groups is 2. The zero-order valence-corrected chi connectivity index (χ0v) is 17.5. The van der Waals surface area contributed by atoms with Gasteiger partial charge >= 0.3 is 0 Å². The lowest BCUT2D eigenvalue weighted by atomic mass is 10.1. The summed E-state index contributed by atoms with van der Waals surface area (Å²) in [5.41, 5.74) is 2.14. The third kappa shape index (κ3) is 5.90. The van der Waals surface area contributed by atoms with Crippen molar-refractivity contribution < 1.29 is 18.0 Å². The maximum Gasteiger partial charge on any atom is 0.271 e. The number of carbonyl (C=O) groups excluding carboxylic acids is 2. The smallest absolute Gasteiger partial charge is 0.271 e. The first-order valence-electron chi connectivity index (χ1n) is 9.70. The average molecular weight is 429 g/mol. The van der Waals surface area contributed by atoms with Crippen LogP contribution in [0.5, 0.6) is 0 Å². The summed E-state index contributed by atoms with van der Waals surface area (Å²) in [5.74, 6) is -0.470. The zero-order valence-electron chi connectivity index (χ0n) is 16.7. The second-order valence-corrected chi connectivity index (χ2v) is 8.78. The lowest BCUT2D eigenvalue weighted by Crippen LogP contribution is -2.36. The molecule has 1 aliphatic heterocycles. The zero-order chi connectivity index (χ0) is 21.6. The van der Waals surface area contributed by atoms with E-state index in [1.807, 2.05) is 30.3 Å². The highest BCUT2D eigenvalue weighted by atomic mass is 32.2. The summed E-state index contributed by atoms with van der Waals surface area (Å²) < 4.78 is 26.1. The highest BCUT2D eigenvalue weighted by Crippen LogP contribution is 2.17. The number of hydrazone groups is 1. The minimum atomic E-state index is -3.37. The van der Waals surface area contributed by atoms with Crippen molar-refractivity contribution in [2.75, 3.05) is 15.8 Å². The third-order valence-corrected chi connectivity index (χ3v) is 5.92. The molecule has 0 unspecified atom stereocenters. The molecule has 0 saturated heterocycles. The largest absolute Gasteiger partial charge is 0.321 e. The number of rotatable bonds is 8. The van der Waals surface area contributed by atoms with Crippen molar-refractivity contribution in [3.8, 4) is 0 Å². The molecule has 8 nitrogen and oxygen atoms in total. The first-order valence-corrected chi connectivity index (χ1v) is 11.3. The van der Waals surface area contributed by atoms with Crippen LogP contribution in [0.15, 0.2) is 59.7 Å². The molecule has 2 N–H and O–H groups in total. The van der Waals surface area contributed by atoms with Crippen LogP contribution in [0.1, 0.15) is 31.7 Å². The standard InChI is InChI=1S/C21H24N4O4S/c1-2-14-30(28,29)24-18-10-8-17(9-11-18)22-21(27)19-12-13-20(26)25(23-19)15-16-6-4-3-5-7-16/h3-11,24H,2,12-15H2,1H3,(H,22,27). The lowest BCUT2D eigenvalue weighted by molar-refractivity contribution is -0.132. The van der Waals surface area contributed by atoms with Crippen LogP contribution in [0.2, 0.25) is 0 Å². The molecule has 1 heterocycles. The van der Waals surface area contributed by atoms with Crippen LogP contribution in [-0.4, -0.2) is 36.7 Å². The van der Waals surface area contributed by atoms with E-state index in [2.05, 4.69) is 15.1 Å². The Kier molecular flexibility index (Phi) is 6.83. The molecule has 0 radical (unpaired) electrons. The Morgan fingerprint density at radius 3 is 2.37 bits per heavy atom. The van der Waals surface area contributed by atoms with E-state index >= 15 is 0 Å². The molecule has 2 aromatic carbocycles. The lowest BCUT2D eigenvalue weighted by Gasteiger charge is -2.23.